The topological polar surface area (TPSA) is 12.0 Å². The fourth-order valence-electron chi connectivity index (χ4n) is 2.29. The van der Waals surface area contributed by atoms with Crippen LogP contribution >= 0.6 is 0 Å². The smallest absolute Gasteiger partial charge is 0.00150 e. The van der Waals surface area contributed by atoms with E-state index in [1.807, 2.05) is 0 Å². The molecule has 0 saturated heterocycles. The number of nitrogens with one attached hydrogen (secondary N) is 1. The maximum atomic E-state index is 3.52. The second-order valence-electron chi connectivity index (χ2n) is 4.17. The van der Waals surface area contributed by atoms with E-state index in [9.17, 15) is 0 Å². The van der Waals surface area contributed by atoms with Gasteiger partial charge < -0.3 is 5.32 Å². The molecule has 0 aromatic rings. The Balaban J connectivity index is 2.13. The average Bonchev–Trinajstić information content (AvgIpc) is 2.80. The number of hydrogen-bond acceptors (Lipinski definition) is 1. The van der Waals surface area contributed by atoms with Crippen molar-refractivity contribution in [2.75, 3.05) is 13.1 Å². The molecule has 0 amide bonds. The lowest BCUT2D eigenvalue weighted by molar-refractivity contribution is 0.410. The van der Waals surface area contributed by atoms with Gasteiger partial charge in [-0.25, -0.2) is 0 Å². The molecule has 0 spiro atoms. The van der Waals surface area contributed by atoms with Gasteiger partial charge in [-0.15, -0.1) is 0 Å². The van der Waals surface area contributed by atoms with Crippen LogP contribution < -0.4 is 5.32 Å². The van der Waals surface area contributed by atoms with Crippen LogP contribution in [0.25, 0.3) is 0 Å². The molecule has 0 bridgehead atoms. The van der Waals surface area contributed by atoms with Crippen molar-refractivity contribution in [2.24, 2.45) is 11.3 Å². The Morgan fingerprint density at radius 2 is 1.92 bits per heavy atom. The summed E-state index contributed by atoms with van der Waals surface area (Å²) >= 11 is 0. The van der Waals surface area contributed by atoms with Gasteiger partial charge in [0.05, 0.1) is 0 Å². The highest BCUT2D eigenvalue weighted by Gasteiger charge is 2.49. The Bertz CT molecular complexity index is 127. The third-order valence-corrected chi connectivity index (χ3v) is 3.58. The SMILES string of the molecule is CCCNCC1CC1(CC)CC. The molecule has 1 rings (SSSR count). The Hall–Kier alpha value is -0.0400. The fraction of sp³-hybridized carbons (Fsp3) is 1.00. The summed E-state index contributed by atoms with van der Waals surface area (Å²) in [6.07, 6.45) is 5.48. The van der Waals surface area contributed by atoms with Crippen molar-refractivity contribution in [1.82, 2.24) is 5.32 Å². The lowest BCUT2D eigenvalue weighted by Gasteiger charge is -2.11. The summed E-state index contributed by atoms with van der Waals surface area (Å²) in [5.74, 6) is 0.985. The second kappa shape index (κ2) is 4.27. The predicted octanol–water partition coefficient (Wildman–Crippen LogP) is 2.81. The Morgan fingerprint density at radius 3 is 2.33 bits per heavy atom. The van der Waals surface area contributed by atoms with Crippen molar-refractivity contribution in [3.05, 3.63) is 0 Å². The Labute approximate surface area is 76.9 Å². The summed E-state index contributed by atoms with van der Waals surface area (Å²) in [6.45, 7) is 9.36. The summed E-state index contributed by atoms with van der Waals surface area (Å²) < 4.78 is 0. The van der Waals surface area contributed by atoms with E-state index in [0.717, 1.165) is 11.3 Å². The van der Waals surface area contributed by atoms with E-state index in [1.165, 1.54) is 38.8 Å². The van der Waals surface area contributed by atoms with Crippen molar-refractivity contribution in [3.63, 3.8) is 0 Å². The van der Waals surface area contributed by atoms with Crippen LogP contribution in [0.3, 0.4) is 0 Å². The van der Waals surface area contributed by atoms with E-state index in [0.29, 0.717) is 0 Å². The third kappa shape index (κ3) is 2.01. The van der Waals surface area contributed by atoms with E-state index in [1.54, 1.807) is 0 Å². The van der Waals surface area contributed by atoms with Crippen LogP contribution in [0.1, 0.15) is 46.5 Å². The number of hydrogen-bond donors (Lipinski definition) is 1. The summed E-state index contributed by atoms with van der Waals surface area (Å²) in [5.41, 5.74) is 0.737. The molecule has 0 heterocycles. The summed E-state index contributed by atoms with van der Waals surface area (Å²) in [6, 6.07) is 0. The van der Waals surface area contributed by atoms with Crippen LogP contribution in [0.5, 0.6) is 0 Å². The zero-order chi connectivity index (χ0) is 9.03. The second-order valence-corrected chi connectivity index (χ2v) is 4.17. The molecule has 1 saturated carbocycles. The maximum Gasteiger partial charge on any atom is -0.00150 e. The van der Waals surface area contributed by atoms with Gasteiger partial charge in [-0.05, 0) is 37.3 Å². The predicted molar refractivity (Wildman–Crippen MR) is 54.3 cm³/mol. The van der Waals surface area contributed by atoms with Gasteiger partial charge in [0, 0.05) is 0 Å². The molecule has 1 aliphatic carbocycles. The van der Waals surface area contributed by atoms with Crippen LogP contribution in [-0.2, 0) is 0 Å². The van der Waals surface area contributed by atoms with Gasteiger partial charge in [0.2, 0.25) is 0 Å². The molecule has 1 fully saturated rings. The molecule has 1 nitrogen and oxygen atoms in total. The third-order valence-electron chi connectivity index (χ3n) is 3.58. The first-order chi connectivity index (χ1) is 5.79. The van der Waals surface area contributed by atoms with Crippen molar-refractivity contribution in [3.8, 4) is 0 Å². The molecule has 1 heteroatoms. The highest BCUT2D eigenvalue weighted by Crippen LogP contribution is 2.57. The lowest BCUT2D eigenvalue weighted by atomic mass is 9.97. The molecule has 0 aromatic carbocycles. The van der Waals surface area contributed by atoms with Crippen molar-refractivity contribution < 1.29 is 0 Å². The zero-order valence-electron chi connectivity index (χ0n) is 8.82. The van der Waals surface area contributed by atoms with E-state index >= 15 is 0 Å². The first kappa shape index (κ1) is 10.0. The van der Waals surface area contributed by atoms with Gasteiger partial charge in [-0.2, -0.15) is 0 Å². The highest BCUT2D eigenvalue weighted by molar-refractivity contribution is 5.01. The minimum absolute atomic E-state index is 0.737. The average molecular weight is 169 g/mol. The minimum Gasteiger partial charge on any atom is -0.316 e. The van der Waals surface area contributed by atoms with Crippen molar-refractivity contribution in [2.45, 2.75) is 46.5 Å². The van der Waals surface area contributed by atoms with Gasteiger partial charge in [-0.1, -0.05) is 33.6 Å². The van der Waals surface area contributed by atoms with Crippen LogP contribution in [0.2, 0.25) is 0 Å². The summed E-state index contributed by atoms with van der Waals surface area (Å²) in [7, 11) is 0. The normalized spacial score (nSPS) is 25.8. The highest BCUT2D eigenvalue weighted by atomic mass is 14.9. The first-order valence-corrected chi connectivity index (χ1v) is 5.49. The van der Waals surface area contributed by atoms with Gasteiger partial charge in [0.25, 0.3) is 0 Å². The maximum absolute atomic E-state index is 3.52. The van der Waals surface area contributed by atoms with E-state index in [-0.39, 0.29) is 0 Å². The van der Waals surface area contributed by atoms with Crippen molar-refractivity contribution >= 4 is 0 Å². The molecule has 0 aliphatic heterocycles. The van der Waals surface area contributed by atoms with Crippen LogP contribution in [0.4, 0.5) is 0 Å². The van der Waals surface area contributed by atoms with Crippen LogP contribution in [0, 0.1) is 11.3 Å². The molecule has 12 heavy (non-hydrogen) atoms. The monoisotopic (exact) mass is 169 g/mol. The van der Waals surface area contributed by atoms with Crippen LogP contribution in [0.15, 0.2) is 0 Å². The zero-order valence-corrected chi connectivity index (χ0v) is 8.82. The molecule has 1 N–H and O–H groups in total. The quantitative estimate of drug-likeness (QED) is 0.603. The number of rotatable bonds is 6. The van der Waals surface area contributed by atoms with Gasteiger partial charge >= 0.3 is 0 Å². The summed E-state index contributed by atoms with van der Waals surface area (Å²) in [4.78, 5) is 0. The van der Waals surface area contributed by atoms with Gasteiger partial charge in [0.15, 0.2) is 0 Å². The van der Waals surface area contributed by atoms with E-state index in [4.69, 9.17) is 0 Å². The largest absolute Gasteiger partial charge is 0.316 e. The Morgan fingerprint density at radius 1 is 1.25 bits per heavy atom. The lowest BCUT2D eigenvalue weighted by Crippen LogP contribution is -2.20. The van der Waals surface area contributed by atoms with Crippen LogP contribution in [-0.4, -0.2) is 13.1 Å². The molecule has 72 valence electrons. The van der Waals surface area contributed by atoms with Gasteiger partial charge in [-0.3, -0.25) is 0 Å². The molecule has 0 radical (unpaired) electrons. The molecule has 1 aliphatic rings. The molecule has 1 atom stereocenters. The van der Waals surface area contributed by atoms with Crippen molar-refractivity contribution in [1.29, 1.82) is 0 Å². The Kier molecular flexibility index (Phi) is 3.57. The first-order valence-electron chi connectivity index (χ1n) is 5.49. The molecular formula is C11H23N. The summed E-state index contributed by atoms with van der Waals surface area (Å²) in [5, 5.41) is 3.52. The van der Waals surface area contributed by atoms with E-state index < -0.39 is 0 Å². The molecule has 0 aromatic heterocycles. The fourth-order valence-corrected chi connectivity index (χ4v) is 2.29. The van der Waals surface area contributed by atoms with Gasteiger partial charge in [0.1, 0.15) is 0 Å². The molecular weight excluding hydrogens is 146 g/mol. The molecule has 1 unspecified atom stereocenters. The standard InChI is InChI=1S/C11H23N/c1-4-7-12-9-10-8-11(10,5-2)6-3/h10,12H,4-9H2,1-3H3. The van der Waals surface area contributed by atoms with E-state index in [2.05, 4.69) is 26.1 Å². The minimum atomic E-state index is 0.737.